The molecule has 2 atom stereocenters. The molecule has 3 heteroatoms. The van der Waals surface area contributed by atoms with Gasteiger partial charge in [-0.15, -0.1) is 0 Å². The normalized spacial score (nSPS) is 26.2. The minimum absolute atomic E-state index is 0.0848. The van der Waals surface area contributed by atoms with Gasteiger partial charge in [0.1, 0.15) is 11.9 Å². The van der Waals surface area contributed by atoms with E-state index in [0.717, 1.165) is 5.76 Å². The van der Waals surface area contributed by atoms with E-state index in [2.05, 4.69) is 30.5 Å². The van der Waals surface area contributed by atoms with Crippen LogP contribution in [0.25, 0.3) is 0 Å². The fourth-order valence-electron chi connectivity index (χ4n) is 2.10. The number of rotatable bonds is 3. The van der Waals surface area contributed by atoms with Crippen LogP contribution in [0.4, 0.5) is 0 Å². The van der Waals surface area contributed by atoms with E-state index in [1.165, 1.54) is 11.6 Å². The molecule has 0 aromatic heterocycles. The average Bonchev–Trinajstić information content (AvgIpc) is 2.67. The number of hydrogen-bond donors (Lipinski definition) is 1. The molecule has 2 aliphatic rings. The van der Waals surface area contributed by atoms with Crippen molar-refractivity contribution >= 4 is 5.91 Å². The molecular formula is C14H17NO2. The smallest absolute Gasteiger partial charge is 0.243 e. The van der Waals surface area contributed by atoms with Gasteiger partial charge in [-0.25, -0.2) is 0 Å². The molecule has 0 saturated heterocycles. The number of carbonyl (C=O) groups excluding carboxylic acids is 1. The quantitative estimate of drug-likeness (QED) is 0.755. The summed E-state index contributed by atoms with van der Waals surface area (Å²) in [6.07, 6.45) is 12.5. The van der Waals surface area contributed by atoms with Gasteiger partial charge in [0.15, 0.2) is 0 Å². The molecule has 2 unspecified atom stereocenters. The molecule has 1 heterocycles. The van der Waals surface area contributed by atoms with Gasteiger partial charge >= 0.3 is 0 Å². The second kappa shape index (κ2) is 5.04. The molecular weight excluding hydrogens is 214 g/mol. The molecule has 1 aliphatic heterocycles. The topological polar surface area (TPSA) is 38.3 Å². The molecule has 0 saturated carbocycles. The summed E-state index contributed by atoms with van der Waals surface area (Å²) < 4.78 is 5.85. The molecule has 2 rings (SSSR count). The summed E-state index contributed by atoms with van der Waals surface area (Å²) in [5, 5.41) is 2.55. The molecule has 0 spiro atoms. The molecule has 0 bridgehead atoms. The zero-order valence-electron chi connectivity index (χ0n) is 10.1. The van der Waals surface area contributed by atoms with Crippen LogP contribution in [0, 0.1) is 5.92 Å². The first kappa shape index (κ1) is 11.7. The lowest BCUT2D eigenvalue weighted by Crippen LogP contribution is -2.15. The summed E-state index contributed by atoms with van der Waals surface area (Å²) in [6.45, 7) is 2.09. The largest absolute Gasteiger partial charge is 0.489 e. The van der Waals surface area contributed by atoms with E-state index in [9.17, 15) is 4.79 Å². The number of ether oxygens (including phenoxy) is 1. The third-order valence-corrected chi connectivity index (χ3v) is 3.12. The standard InChI is InChI=1S/C14H17NO2/c1-10-11-6-3-4-7-13(11)17-12(10)8-5-9-14(16)15-2/h3-7,9,11,13H,8H2,1-2H3,(H,15,16). The second-order valence-corrected chi connectivity index (χ2v) is 4.20. The highest BCUT2D eigenvalue weighted by molar-refractivity contribution is 5.87. The van der Waals surface area contributed by atoms with Crippen LogP contribution in [0.15, 0.2) is 47.8 Å². The van der Waals surface area contributed by atoms with E-state index in [1.54, 1.807) is 7.05 Å². The van der Waals surface area contributed by atoms with Crippen molar-refractivity contribution in [3.63, 3.8) is 0 Å². The SMILES string of the molecule is CNC(=O)C=CCC1=C(C)C2C=CC=CC2O1. The zero-order valence-corrected chi connectivity index (χ0v) is 10.1. The molecule has 1 N–H and O–H groups in total. The van der Waals surface area contributed by atoms with Crippen molar-refractivity contribution in [2.45, 2.75) is 19.4 Å². The van der Waals surface area contributed by atoms with Gasteiger partial charge in [-0.2, -0.15) is 0 Å². The van der Waals surface area contributed by atoms with Gasteiger partial charge in [0.25, 0.3) is 0 Å². The minimum Gasteiger partial charge on any atom is -0.489 e. The highest BCUT2D eigenvalue weighted by Gasteiger charge is 2.30. The Kier molecular flexibility index (Phi) is 3.47. The Balaban J connectivity index is 2.00. The Bertz CT molecular complexity index is 430. The number of carbonyl (C=O) groups is 1. The average molecular weight is 231 g/mol. The van der Waals surface area contributed by atoms with Gasteiger partial charge in [-0.3, -0.25) is 4.79 Å². The number of nitrogens with one attached hydrogen (secondary N) is 1. The number of allylic oxidation sites excluding steroid dienone is 3. The highest BCUT2D eigenvalue weighted by atomic mass is 16.5. The third-order valence-electron chi connectivity index (χ3n) is 3.12. The third kappa shape index (κ3) is 2.49. The Morgan fingerprint density at radius 3 is 2.94 bits per heavy atom. The van der Waals surface area contributed by atoms with Gasteiger partial charge in [0.05, 0.1) is 0 Å². The van der Waals surface area contributed by atoms with Crippen molar-refractivity contribution in [2.75, 3.05) is 7.05 Å². The predicted octanol–water partition coefficient (Wildman–Crippen LogP) is 2.09. The van der Waals surface area contributed by atoms with E-state index in [1.807, 2.05) is 12.2 Å². The van der Waals surface area contributed by atoms with Crippen molar-refractivity contribution in [1.29, 1.82) is 0 Å². The van der Waals surface area contributed by atoms with E-state index >= 15 is 0 Å². The first-order valence-electron chi connectivity index (χ1n) is 5.82. The van der Waals surface area contributed by atoms with Gasteiger partial charge in [-0.1, -0.05) is 24.3 Å². The van der Waals surface area contributed by atoms with Crippen LogP contribution in [0.2, 0.25) is 0 Å². The summed E-state index contributed by atoms with van der Waals surface area (Å²) in [6, 6.07) is 0. The Morgan fingerprint density at radius 2 is 2.24 bits per heavy atom. The van der Waals surface area contributed by atoms with Crippen LogP contribution in [-0.2, 0) is 9.53 Å². The molecule has 17 heavy (non-hydrogen) atoms. The molecule has 0 radical (unpaired) electrons. The zero-order chi connectivity index (χ0) is 12.3. The van der Waals surface area contributed by atoms with Crippen molar-refractivity contribution in [3.05, 3.63) is 47.8 Å². The molecule has 0 aromatic carbocycles. The van der Waals surface area contributed by atoms with E-state index < -0.39 is 0 Å². The van der Waals surface area contributed by atoms with Crippen molar-refractivity contribution in [2.24, 2.45) is 5.92 Å². The van der Waals surface area contributed by atoms with Gasteiger partial charge in [0.2, 0.25) is 5.91 Å². The summed E-state index contributed by atoms with van der Waals surface area (Å²) in [7, 11) is 1.62. The van der Waals surface area contributed by atoms with Crippen LogP contribution < -0.4 is 5.32 Å². The minimum atomic E-state index is -0.0848. The maximum atomic E-state index is 11.0. The van der Waals surface area contributed by atoms with Crippen LogP contribution >= 0.6 is 0 Å². The van der Waals surface area contributed by atoms with Crippen molar-refractivity contribution in [1.82, 2.24) is 5.32 Å². The van der Waals surface area contributed by atoms with Gasteiger partial charge < -0.3 is 10.1 Å². The van der Waals surface area contributed by atoms with Crippen molar-refractivity contribution < 1.29 is 9.53 Å². The van der Waals surface area contributed by atoms with Gasteiger partial charge in [0, 0.05) is 19.4 Å². The Labute approximate surface area is 102 Å². The maximum Gasteiger partial charge on any atom is 0.243 e. The summed E-state index contributed by atoms with van der Waals surface area (Å²) in [4.78, 5) is 11.0. The number of fused-ring (bicyclic) bond motifs is 1. The van der Waals surface area contributed by atoms with Crippen LogP contribution in [0.1, 0.15) is 13.3 Å². The fourth-order valence-corrected chi connectivity index (χ4v) is 2.10. The highest BCUT2D eigenvalue weighted by Crippen LogP contribution is 2.35. The number of likely N-dealkylation sites (N-methyl/N-ethyl adjacent to an activating group) is 1. The first-order chi connectivity index (χ1) is 8.22. The van der Waals surface area contributed by atoms with Crippen molar-refractivity contribution in [3.8, 4) is 0 Å². The monoisotopic (exact) mass is 231 g/mol. The lowest BCUT2D eigenvalue weighted by Gasteiger charge is -2.15. The maximum absolute atomic E-state index is 11.0. The lowest BCUT2D eigenvalue weighted by atomic mass is 9.92. The molecule has 3 nitrogen and oxygen atoms in total. The number of hydrogen-bond acceptors (Lipinski definition) is 2. The first-order valence-corrected chi connectivity index (χ1v) is 5.82. The van der Waals surface area contributed by atoms with Gasteiger partial charge in [-0.05, 0) is 24.6 Å². The van der Waals surface area contributed by atoms with Crippen LogP contribution in [0.5, 0.6) is 0 Å². The summed E-state index contributed by atoms with van der Waals surface area (Å²) in [5.74, 6) is 1.26. The fraction of sp³-hybridized carbons (Fsp3) is 0.357. The molecule has 1 amide bonds. The lowest BCUT2D eigenvalue weighted by molar-refractivity contribution is -0.116. The summed E-state index contributed by atoms with van der Waals surface area (Å²) in [5.41, 5.74) is 1.26. The van der Waals surface area contributed by atoms with Crippen LogP contribution in [0.3, 0.4) is 0 Å². The molecule has 0 aromatic rings. The molecule has 90 valence electrons. The Hall–Kier alpha value is -1.77. The number of amides is 1. The Morgan fingerprint density at radius 1 is 1.47 bits per heavy atom. The van der Waals surface area contributed by atoms with E-state index in [-0.39, 0.29) is 12.0 Å². The predicted molar refractivity (Wildman–Crippen MR) is 67.2 cm³/mol. The van der Waals surface area contributed by atoms with E-state index in [4.69, 9.17) is 4.74 Å². The van der Waals surface area contributed by atoms with E-state index in [0.29, 0.717) is 12.3 Å². The summed E-state index contributed by atoms with van der Waals surface area (Å²) >= 11 is 0. The molecule has 0 fully saturated rings. The molecule has 1 aliphatic carbocycles. The van der Waals surface area contributed by atoms with Crippen LogP contribution in [-0.4, -0.2) is 19.1 Å². The second-order valence-electron chi connectivity index (χ2n) is 4.20.